The van der Waals surface area contributed by atoms with Crippen LogP contribution in [0.15, 0.2) is 24.3 Å². The first-order valence-electron chi connectivity index (χ1n) is 5.87. The second-order valence-corrected chi connectivity index (χ2v) is 3.79. The number of aryl methyl sites for hydroxylation is 1. The van der Waals surface area contributed by atoms with Crippen LogP contribution < -0.4 is 10.6 Å². The fourth-order valence-corrected chi connectivity index (χ4v) is 1.42. The Kier molecular flexibility index (Phi) is 6.29. The molecule has 0 atom stereocenters. The Morgan fingerprint density at radius 3 is 2.94 bits per heavy atom. The van der Waals surface area contributed by atoms with Gasteiger partial charge < -0.3 is 15.4 Å². The summed E-state index contributed by atoms with van der Waals surface area (Å²) < 4.78 is 5.16. The number of hydrogen-bond acceptors (Lipinski definition) is 3. The first kappa shape index (κ1) is 13.7. The van der Waals surface area contributed by atoms with Crippen molar-refractivity contribution < 1.29 is 9.53 Å². The number of benzene rings is 1. The molecule has 0 radical (unpaired) electrons. The first-order valence-corrected chi connectivity index (χ1v) is 5.87. The average molecular weight is 236 g/mol. The summed E-state index contributed by atoms with van der Waals surface area (Å²) in [6.45, 7) is 6.28. The fourth-order valence-electron chi connectivity index (χ4n) is 1.42. The lowest BCUT2D eigenvalue weighted by Gasteiger charge is -2.07. The van der Waals surface area contributed by atoms with Crippen LogP contribution in [0.25, 0.3) is 0 Å². The SMILES string of the molecule is CCOCCNCC(=O)Nc1cccc(C)c1. The first-order chi connectivity index (χ1) is 8.22. The highest BCUT2D eigenvalue weighted by molar-refractivity contribution is 5.92. The quantitative estimate of drug-likeness (QED) is 0.706. The van der Waals surface area contributed by atoms with Gasteiger partial charge in [-0.15, -0.1) is 0 Å². The Morgan fingerprint density at radius 1 is 1.41 bits per heavy atom. The Hall–Kier alpha value is -1.39. The molecule has 94 valence electrons. The van der Waals surface area contributed by atoms with E-state index < -0.39 is 0 Å². The van der Waals surface area contributed by atoms with Gasteiger partial charge >= 0.3 is 0 Å². The van der Waals surface area contributed by atoms with Crippen molar-refractivity contribution in [3.8, 4) is 0 Å². The molecule has 1 aromatic rings. The summed E-state index contributed by atoms with van der Waals surface area (Å²) in [6.07, 6.45) is 0. The van der Waals surface area contributed by atoms with E-state index in [1.165, 1.54) is 0 Å². The van der Waals surface area contributed by atoms with Gasteiger partial charge in [0.25, 0.3) is 0 Å². The molecule has 1 rings (SSSR count). The molecule has 1 aromatic carbocycles. The molecule has 0 heterocycles. The highest BCUT2D eigenvalue weighted by atomic mass is 16.5. The van der Waals surface area contributed by atoms with Crippen LogP contribution in [-0.4, -0.2) is 32.2 Å². The van der Waals surface area contributed by atoms with Gasteiger partial charge in [0.2, 0.25) is 5.91 Å². The van der Waals surface area contributed by atoms with E-state index in [1.807, 2.05) is 38.1 Å². The second-order valence-electron chi connectivity index (χ2n) is 3.79. The Morgan fingerprint density at radius 2 is 2.24 bits per heavy atom. The number of hydrogen-bond donors (Lipinski definition) is 2. The molecule has 17 heavy (non-hydrogen) atoms. The van der Waals surface area contributed by atoms with Crippen LogP contribution in [0.1, 0.15) is 12.5 Å². The third-order valence-corrected chi connectivity index (χ3v) is 2.21. The Labute approximate surface area is 102 Å². The van der Waals surface area contributed by atoms with Crippen molar-refractivity contribution in [3.63, 3.8) is 0 Å². The van der Waals surface area contributed by atoms with Crippen molar-refractivity contribution in [2.45, 2.75) is 13.8 Å². The minimum Gasteiger partial charge on any atom is -0.380 e. The molecule has 0 aliphatic heterocycles. The lowest BCUT2D eigenvalue weighted by atomic mass is 10.2. The van der Waals surface area contributed by atoms with Crippen LogP contribution in [0.5, 0.6) is 0 Å². The third kappa shape index (κ3) is 6.04. The van der Waals surface area contributed by atoms with Crippen LogP contribution in [0.4, 0.5) is 5.69 Å². The molecule has 4 heteroatoms. The summed E-state index contributed by atoms with van der Waals surface area (Å²) in [4.78, 5) is 11.5. The van der Waals surface area contributed by atoms with E-state index in [-0.39, 0.29) is 5.91 Å². The molecule has 0 aromatic heterocycles. The second kappa shape index (κ2) is 7.81. The third-order valence-electron chi connectivity index (χ3n) is 2.21. The molecule has 4 nitrogen and oxygen atoms in total. The van der Waals surface area contributed by atoms with E-state index in [2.05, 4.69) is 10.6 Å². The molecule has 0 aliphatic carbocycles. The summed E-state index contributed by atoms with van der Waals surface area (Å²) in [5.74, 6) is -0.0351. The van der Waals surface area contributed by atoms with Gasteiger partial charge in [-0.25, -0.2) is 0 Å². The van der Waals surface area contributed by atoms with Gasteiger partial charge in [0.05, 0.1) is 13.2 Å². The molecule has 0 saturated heterocycles. The molecule has 0 aliphatic rings. The predicted molar refractivity (Wildman–Crippen MR) is 69.2 cm³/mol. The number of carbonyl (C=O) groups excluding carboxylic acids is 1. The summed E-state index contributed by atoms with van der Waals surface area (Å²) >= 11 is 0. The number of carbonyl (C=O) groups is 1. The lowest BCUT2D eigenvalue weighted by molar-refractivity contribution is -0.115. The standard InChI is InChI=1S/C13H20N2O2/c1-3-17-8-7-14-10-13(16)15-12-6-4-5-11(2)9-12/h4-6,9,14H,3,7-8,10H2,1-2H3,(H,15,16). The molecule has 2 N–H and O–H groups in total. The fraction of sp³-hybridized carbons (Fsp3) is 0.462. The van der Waals surface area contributed by atoms with Crippen molar-refractivity contribution in [2.75, 3.05) is 31.6 Å². The molecule has 1 amide bonds. The number of amides is 1. The zero-order valence-corrected chi connectivity index (χ0v) is 10.5. The lowest BCUT2D eigenvalue weighted by Crippen LogP contribution is -2.30. The molecular formula is C13H20N2O2. The minimum absolute atomic E-state index is 0.0351. The molecule has 0 fully saturated rings. The summed E-state index contributed by atoms with van der Waals surface area (Å²) in [6, 6.07) is 7.74. The summed E-state index contributed by atoms with van der Waals surface area (Å²) in [5.41, 5.74) is 1.97. The van der Waals surface area contributed by atoms with Gasteiger partial charge in [0.15, 0.2) is 0 Å². The van der Waals surface area contributed by atoms with Gasteiger partial charge in [-0.05, 0) is 31.5 Å². The van der Waals surface area contributed by atoms with Crippen molar-refractivity contribution in [2.24, 2.45) is 0 Å². The highest BCUT2D eigenvalue weighted by Crippen LogP contribution is 2.08. The Balaban J connectivity index is 2.21. The van der Waals surface area contributed by atoms with Gasteiger partial charge in [-0.1, -0.05) is 12.1 Å². The topological polar surface area (TPSA) is 50.4 Å². The minimum atomic E-state index is -0.0351. The van der Waals surface area contributed by atoms with Gasteiger partial charge in [-0.2, -0.15) is 0 Å². The number of anilines is 1. The van der Waals surface area contributed by atoms with E-state index in [0.717, 1.165) is 11.3 Å². The largest absolute Gasteiger partial charge is 0.380 e. The zero-order valence-electron chi connectivity index (χ0n) is 10.5. The zero-order chi connectivity index (χ0) is 12.5. The van der Waals surface area contributed by atoms with Crippen molar-refractivity contribution in [1.82, 2.24) is 5.32 Å². The maximum atomic E-state index is 11.5. The molecule has 0 saturated carbocycles. The van der Waals surface area contributed by atoms with Gasteiger partial charge in [0.1, 0.15) is 0 Å². The number of rotatable bonds is 7. The van der Waals surface area contributed by atoms with Crippen molar-refractivity contribution in [3.05, 3.63) is 29.8 Å². The predicted octanol–water partition coefficient (Wildman–Crippen LogP) is 1.56. The van der Waals surface area contributed by atoms with Crippen LogP contribution in [0.3, 0.4) is 0 Å². The normalized spacial score (nSPS) is 10.2. The van der Waals surface area contributed by atoms with E-state index in [4.69, 9.17) is 4.74 Å². The smallest absolute Gasteiger partial charge is 0.238 e. The average Bonchev–Trinajstić information content (AvgIpc) is 2.29. The van der Waals surface area contributed by atoms with Crippen LogP contribution in [-0.2, 0) is 9.53 Å². The monoisotopic (exact) mass is 236 g/mol. The van der Waals surface area contributed by atoms with Crippen molar-refractivity contribution >= 4 is 11.6 Å². The van der Waals surface area contributed by atoms with E-state index >= 15 is 0 Å². The van der Waals surface area contributed by atoms with Crippen molar-refractivity contribution in [1.29, 1.82) is 0 Å². The van der Waals surface area contributed by atoms with Crippen LogP contribution >= 0.6 is 0 Å². The van der Waals surface area contributed by atoms with Gasteiger partial charge in [0, 0.05) is 18.8 Å². The van der Waals surface area contributed by atoms with E-state index in [0.29, 0.717) is 26.3 Å². The van der Waals surface area contributed by atoms with Crippen LogP contribution in [0, 0.1) is 6.92 Å². The van der Waals surface area contributed by atoms with E-state index in [9.17, 15) is 4.79 Å². The Bertz CT molecular complexity index is 353. The molecule has 0 bridgehead atoms. The van der Waals surface area contributed by atoms with Crippen LogP contribution in [0.2, 0.25) is 0 Å². The highest BCUT2D eigenvalue weighted by Gasteiger charge is 2.01. The number of ether oxygens (including phenoxy) is 1. The molecule has 0 unspecified atom stereocenters. The summed E-state index contributed by atoms with van der Waals surface area (Å²) in [7, 11) is 0. The maximum absolute atomic E-state index is 11.5. The maximum Gasteiger partial charge on any atom is 0.238 e. The molecular weight excluding hydrogens is 216 g/mol. The van der Waals surface area contributed by atoms with Gasteiger partial charge in [-0.3, -0.25) is 4.79 Å². The van der Waals surface area contributed by atoms with E-state index in [1.54, 1.807) is 0 Å². The summed E-state index contributed by atoms with van der Waals surface area (Å²) in [5, 5.41) is 5.85. The molecule has 0 spiro atoms. The number of nitrogens with one attached hydrogen (secondary N) is 2.